The van der Waals surface area contributed by atoms with E-state index in [1.807, 2.05) is 53.3 Å². The largest absolute Gasteiger partial charge is 0.456 e. The van der Waals surface area contributed by atoms with Crippen molar-refractivity contribution >= 4 is 136 Å². The average molecular weight is 883 g/mol. The van der Waals surface area contributed by atoms with Crippen LogP contribution < -0.4 is 20.7 Å². The molecule has 0 unspecified atom stereocenters. The molecule has 0 saturated carbocycles. The normalized spacial score (nSPS) is 12.3. The first kappa shape index (κ1) is 36.8. The van der Waals surface area contributed by atoms with Crippen LogP contribution in [-0.2, 0) is 0 Å². The summed E-state index contributed by atoms with van der Waals surface area (Å²) in [5, 5.41) is 14.5. The molecule has 0 radical (unpaired) electrons. The zero-order chi connectivity index (χ0) is 42.6. The van der Waals surface area contributed by atoms with Crippen molar-refractivity contribution in [3.8, 4) is 22.5 Å². The number of nitrogens with zero attached hydrogens (tertiary/aromatic N) is 2. The summed E-state index contributed by atoms with van der Waals surface area (Å²) < 4.78 is 18.7. The summed E-state index contributed by atoms with van der Waals surface area (Å²) in [6.45, 7) is 0. The second kappa shape index (κ2) is 14.2. The summed E-state index contributed by atoms with van der Waals surface area (Å²) >= 11 is 3.72. The van der Waals surface area contributed by atoms with Crippen molar-refractivity contribution in [3.05, 3.63) is 207 Å². The molecule has 0 aliphatic carbocycles. The lowest BCUT2D eigenvalue weighted by atomic mass is 10.0. The Morgan fingerprint density at radius 2 is 0.908 bits per heavy atom. The predicted molar refractivity (Wildman–Crippen MR) is 277 cm³/mol. The molecule has 6 heterocycles. The molecule has 7 heteroatoms. The van der Waals surface area contributed by atoms with Gasteiger partial charge in [0, 0.05) is 80.7 Å². The zero-order valence-corrected chi connectivity index (χ0v) is 37.3. The molecule has 6 aromatic heterocycles. The minimum absolute atomic E-state index is 0.790. The summed E-state index contributed by atoms with van der Waals surface area (Å²) in [7, 11) is -3.14. The summed E-state index contributed by atoms with van der Waals surface area (Å²) in [5.41, 5.74) is 7.37. The van der Waals surface area contributed by atoms with Crippen LogP contribution >= 0.6 is 22.7 Å². The molecule has 65 heavy (non-hydrogen) atoms. The first-order chi connectivity index (χ1) is 32.2. The highest BCUT2D eigenvalue weighted by Gasteiger charge is 2.45. The predicted octanol–water partition coefficient (Wildman–Crippen LogP) is 13.7. The van der Waals surface area contributed by atoms with Gasteiger partial charge >= 0.3 is 0 Å². The number of thiophene rings is 2. The third-order valence-electron chi connectivity index (χ3n) is 13.3. The number of aromatic nitrogens is 2. The lowest BCUT2D eigenvalue weighted by Crippen LogP contribution is -2.74. The van der Waals surface area contributed by atoms with Gasteiger partial charge in [0.05, 0.1) is 10.4 Å². The van der Waals surface area contributed by atoms with Crippen molar-refractivity contribution in [1.29, 1.82) is 0 Å². The van der Waals surface area contributed by atoms with E-state index < -0.39 is 8.07 Å². The number of para-hydroxylation sites is 2. The maximum absolute atomic E-state index is 7.16. The quantitative estimate of drug-likeness (QED) is 0.123. The average Bonchev–Trinajstić information content (AvgIpc) is 4.15. The number of hydrogen-bond acceptors (Lipinski definition) is 6. The van der Waals surface area contributed by atoms with Crippen LogP contribution in [-0.4, -0.2) is 18.0 Å². The van der Waals surface area contributed by atoms with E-state index in [-0.39, 0.29) is 0 Å². The van der Waals surface area contributed by atoms with Crippen molar-refractivity contribution < 1.29 is 8.83 Å². The number of furan rings is 2. The van der Waals surface area contributed by atoms with E-state index in [0.717, 1.165) is 66.4 Å². The van der Waals surface area contributed by atoms with E-state index in [9.17, 15) is 0 Å². The second-order valence-electron chi connectivity index (χ2n) is 16.7. The van der Waals surface area contributed by atoms with E-state index in [0.29, 0.717) is 0 Å². The Balaban J connectivity index is 1.02. The maximum atomic E-state index is 7.16. The van der Waals surface area contributed by atoms with Crippen LogP contribution in [0.1, 0.15) is 0 Å². The molecule has 0 N–H and O–H groups in total. The number of hydrogen-bond donors (Lipinski definition) is 0. The number of pyridine rings is 2. The standard InChI is InChI=1S/C58H34N2O2S2Si/c1-3-13-37(14-4-1)65(38-15-5-2-6-16-38,51-23-11-19-41-45-33-35(25-27-48(45)61-55(41)51)53-56-42(29-31-59-53)39-17-7-9-21-47(39)62-56)52-24-12-20-43-46-34-36(26-28-50(46)63-57(43)52)54-58-44(30-32-60-54)40-18-8-10-22-49(40)64-58/h1-34H. The van der Waals surface area contributed by atoms with E-state index in [1.54, 1.807) is 0 Å². The van der Waals surface area contributed by atoms with Gasteiger partial charge in [-0.3, -0.25) is 9.97 Å². The van der Waals surface area contributed by atoms with Crippen molar-refractivity contribution in [3.63, 3.8) is 0 Å². The molecule has 0 fully saturated rings. The molecule has 0 aliphatic heterocycles. The maximum Gasteiger partial charge on any atom is 0.185 e. The summed E-state index contributed by atoms with van der Waals surface area (Å²) in [4.78, 5) is 9.91. The van der Waals surface area contributed by atoms with Gasteiger partial charge in [-0.2, -0.15) is 0 Å². The number of fused-ring (bicyclic) bond motifs is 12. The Hall–Kier alpha value is -7.68. The molecule has 0 saturated heterocycles. The monoisotopic (exact) mass is 882 g/mol. The molecule has 0 amide bonds. The molecule has 14 rings (SSSR count). The van der Waals surface area contributed by atoms with Gasteiger partial charge < -0.3 is 8.83 Å². The van der Waals surface area contributed by atoms with E-state index in [1.165, 1.54) is 61.1 Å². The first-order valence-corrected chi connectivity index (χ1v) is 25.4. The van der Waals surface area contributed by atoms with Gasteiger partial charge in [0.2, 0.25) is 0 Å². The van der Waals surface area contributed by atoms with Crippen LogP contribution in [0.4, 0.5) is 0 Å². The molecule has 304 valence electrons. The van der Waals surface area contributed by atoms with Gasteiger partial charge in [0.25, 0.3) is 0 Å². The fourth-order valence-electron chi connectivity index (χ4n) is 10.5. The van der Waals surface area contributed by atoms with Crippen molar-refractivity contribution in [2.45, 2.75) is 0 Å². The SMILES string of the molecule is c1ccc([Si](c2ccccc2)(c2cccc3c2oc2ccc(-c4nccc5c4oc4ccccc45)cc23)c2cccc3c2sc2ccc(-c4nccc5c4sc4ccccc45)cc23)cc1. The highest BCUT2D eigenvalue weighted by molar-refractivity contribution is 7.31. The Morgan fingerprint density at radius 1 is 0.354 bits per heavy atom. The van der Waals surface area contributed by atoms with Gasteiger partial charge in [-0.15, -0.1) is 22.7 Å². The number of rotatable bonds is 6. The molecule has 0 bridgehead atoms. The highest BCUT2D eigenvalue weighted by atomic mass is 32.1. The van der Waals surface area contributed by atoms with Gasteiger partial charge in [-0.25, -0.2) is 0 Å². The van der Waals surface area contributed by atoms with Gasteiger partial charge in [0.1, 0.15) is 22.4 Å². The van der Waals surface area contributed by atoms with Crippen LogP contribution in [0.5, 0.6) is 0 Å². The van der Waals surface area contributed by atoms with Crippen molar-refractivity contribution in [2.24, 2.45) is 0 Å². The minimum Gasteiger partial charge on any atom is -0.456 e. The van der Waals surface area contributed by atoms with E-state index >= 15 is 0 Å². The van der Waals surface area contributed by atoms with Crippen LogP contribution in [0.2, 0.25) is 0 Å². The molecule has 0 spiro atoms. The van der Waals surface area contributed by atoms with Gasteiger partial charge in [-0.1, -0.05) is 140 Å². The molecule has 8 aromatic carbocycles. The topological polar surface area (TPSA) is 52.1 Å². The van der Waals surface area contributed by atoms with E-state index in [4.69, 9.17) is 18.8 Å². The Morgan fingerprint density at radius 3 is 1.74 bits per heavy atom. The van der Waals surface area contributed by atoms with Gasteiger partial charge in [-0.05, 0) is 75.3 Å². The molecular formula is C58H34N2O2S2Si. The lowest BCUT2D eigenvalue weighted by Gasteiger charge is -2.34. The molecular weight excluding hydrogens is 849 g/mol. The Kier molecular flexibility index (Phi) is 8.01. The zero-order valence-electron chi connectivity index (χ0n) is 34.7. The van der Waals surface area contributed by atoms with Crippen molar-refractivity contribution in [2.75, 3.05) is 0 Å². The molecule has 0 aliphatic rings. The van der Waals surface area contributed by atoms with E-state index in [2.05, 4.69) is 176 Å². The third kappa shape index (κ3) is 5.34. The highest BCUT2D eigenvalue weighted by Crippen LogP contribution is 2.42. The first-order valence-electron chi connectivity index (χ1n) is 21.8. The fourth-order valence-corrected chi connectivity index (χ4v) is 18.4. The van der Waals surface area contributed by atoms with Crippen LogP contribution in [0.25, 0.3) is 107 Å². The summed E-state index contributed by atoms with van der Waals surface area (Å²) in [5.74, 6) is 0. The van der Waals surface area contributed by atoms with Crippen molar-refractivity contribution in [1.82, 2.24) is 9.97 Å². The summed E-state index contributed by atoms with van der Waals surface area (Å²) in [6, 6.07) is 70.5. The second-order valence-corrected chi connectivity index (χ2v) is 22.6. The van der Waals surface area contributed by atoms with Gasteiger partial charge in [0.15, 0.2) is 13.7 Å². The lowest BCUT2D eigenvalue weighted by molar-refractivity contribution is 0.668. The Bertz CT molecular complexity index is 3930. The fraction of sp³-hybridized carbons (Fsp3) is 0. The summed E-state index contributed by atoms with van der Waals surface area (Å²) in [6.07, 6.45) is 3.84. The van der Waals surface area contributed by atoms with Crippen LogP contribution in [0, 0.1) is 0 Å². The molecule has 0 atom stereocenters. The van der Waals surface area contributed by atoms with Crippen LogP contribution in [0.3, 0.4) is 0 Å². The number of benzene rings is 8. The third-order valence-corrected chi connectivity index (χ3v) is 20.8. The Labute approximate surface area is 381 Å². The molecule has 14 aromatic rings. The minimum atomic E-state index is -3.14. The smallest absolute Gasteiger partial charge is 0.185 e. The van der Waals surface area contributed by atoms with Crippen LogP contribution in [0.15, 0.2) is 215 Å². The molecule has 4 nitrogen and oxygen atoms in total.